The maximum Gasteiger partial charge on any atom is 0.183 e. The normalized spacial score (nSPS) is 24.2. The Morgan fingerprint density at radius 2 is 2.19 bits per heavy atom. The molecule has 1 aliphatic heterocycles. The van der Waals surface area contributed by atoms with Crippen molar-refractivity contribution in [3.05, 3.63) is 10.6 Å². The van der Waals surface area contributed by atoms with Gasteiger partial charge in [-0.25, -0.2) is 13.4 Å². The quantitative estimate of drug-likeness (QED) is 0.880. The summed E-state index contributed by atoms with van der Waals surface area (Å²) in [5.41, 5.74) is 1.02. The predicted molar refractivity (Wildman–Crippen MR) is 66.9 cm³/mol. The highest BCUT2D eigenvalue weighted by Gasteiger charge is 2.25. The molecule has 0 aromatic carbocycles. The van der Waals surface area contributed by atoms with Gasteiger partial charge in [-0.3, -0.25) is 0 Å². The van der Waals surface area contributed by atoms with Crippen LogP contribution in [0.25, 0.3) is 0 Å². The first-order chi connectivity index (χ1) is 7.46. The SMILES string of the molecule is Cc1nc(NC2CCCS(=O)(=O)C2)sc1C. The zero-order chi connectivity index (χ0) is 11.8. The summed E-state index contributed by atoms with van der Waals surface area (Å²) in [6.07, 6.45) is 1.67. The second kappa shape index (κ2) is 4.33. The van der Waals surface area contributed by atoms with E-state index in [9.17, 15) is 8.42 Å². The van der Waals surface area contributed by atoms with Gasteiger partial charge >= 0.3 is 0 Å². The topological polar surface area (TPSA) is 59.1 Å². The Morgan fingerprint density at radius 1 is 1.44 bits per heavy atom. The summed E-state index contributed by atoms with van der Waals surface area (Å²) in [5.74, 6) is 0.575. The van der Waals surface area contributed by atoms with Crippen LogP contribution < -0.4 is 5.32 Å². The van der Waals surface area contributed by atoms with Crippen LogP contribution >= 0.6 is 11.3 Å². The molecule has 16 heavy (non-hydrogen) atoms. The van der Waals surface area contributed by atoms with Crippen LogP contribution in [-0.2, 0) is 9.84 Å². The number of thiazole rings is 1. The highest BCUT2D eigenvalue weighted by molar-refractivity contribution is 7.91. The third-order valence-electron chi connectivity index (χ3n) is 2.82. The second-order valence-corrected chi connectivity index (χ2v) is 7.69. The average molecular weight is 260 g/mol. The summed E-state index contributed by atoms with van der Waals surface area (Å²) in [7, 11) is -2.84. The van der Waals surface area contributed by atoms with Gasteiger partial charge in [-0.05, 0) is 26.7 Å². The molecule has 0 spiro atoms. The Labute approximate surface area is 100 Å². The van der Waals surface area contributed by atoms with E-state index in [1.807, 2.05) is 13.8 Å². The highest BCUT2D eigenvalue weighted by atomic mass is 32.2. The van der Waals surface area contributed by atoms with E-state index in [-0.39, 0.29) is 11.8 Å². The van der Waals surface area contributed by atoms with Gasteiger partial charge < -0.3 is 5.32 Å². The van der Waals surface area contributed by atoms with Crippen LogP contribution in [0.5, 0.6) is 0 Å². The molecule has 1 unspecified atom stereocenters. The van der Waals surface area contributed by atoms with Gasteiger partial charge in [0.25, 0.3) is 0 Å². The van der Waals surface area contributed by atoms with Crippen LogP contribution in [0.2, 0.25) is 0 Å². The number of hydrogen-bond donors (Lipinski definition) is 1. The molecule has 6 heteroatoms. The molecule has 0 saturated carbocycles. The average Bonchev–Trinajstić information content (AvgIpc) is 2.43. The first-order valence-corrected chi connectivity index (χ1v) is 8.01. The maximum atomic E-state index is 11.5. The molecule has 0 aliphatic carbocycles. The smallest absolute Gasteiger partial charge is 0.183 e. The molecule has 1 saturated heterocycles. The summed E-state index contributed by atoms with van der Waals surface area (Å²) in [4.78, 5) is 5.55. The lowest BCUT2D eigenvalue weighted by Gasteiger charge is -2.22. The highest BCUT2D eigenvalue weighted by Crippen LogP contribution is 2.24. The van der Waals surface area contributed by atoms with Crippen molar-refractivity contribution >= 4 is 26.3 Å². The number of nitrogens with one attached hydrogen (secondary N) is 1. The van der Waals surface area contributed by atoms with Gasteiger partial charge in [0.2, 0.25) is 0 Å². The third kappa shape index (κ3) is 2.74. The Hall–Kier alpha value is -0.620. The fraction of sp³-hybridized carbons (Fsp3) is 0.700. The standard InChI is InChI=1S/C10H16N2O2S2/c1-7-8(2)15-10(11-7)12-9-4-3-5-16(13,14)6-9/h9H,3-6H2,1-2H3,(H,11,12). The van der Waals surface area contributed by atoms with Crippen LogP contribution in [-0.4, -0.2) is 30.9 Å². The van der Waals surface area contributed by atoms with Crippen LogP contribution in [0.1, 0.15) is 23.4 Å². The maximum absolute atomic E-state index is 11.5. The van der Waals surface area contributed by atoms with Crippen LogP contribution in [0.4, 0.5) is 5.13 Å². The summed E-state index contributed by atoms with van der Waals surface area (Å²) in [6.45, 7) is 3.99. The van der Waals surface area contributed by atoms with Crippen molar-refractivity contribution in [2.45, 2.75) is 32.7 Å². The molecular weight excluding hydrogens is 244 g/mol. The minimum absolute atomic E-state index is 0.0312. The molecule has 1 aromatic rings. The molecule has 1 N–H and O–H groups in total. The van der Waals surface area contributed by atoms with E-state index in [1.54, 1.807) is 11.3 Å². The Morgan fingerprint density at radius 3 is 2.75 bits per heavy atom. The van der Waals surface area contributed by atoms with Crippen LogP contribution in [0.3, 0.4) is 0 Å². The largest absolute Gasteiger partial charge is 0.358 e. The summed E-state index contributed by atoms with van der Waals surface area (Å²) in [5, 5.41) is 4.07. The van der Waals surface area contributed by atoms with Gasteiger partial charge in [0, 0.05) is 10.9 Å². The molecule has 1 aliphatic rings. The van der Waals surface area contributed by atoms with Gasteiger partial charge in [-0.15, -0.1) is 11.3 Å². The lowest BCUT2D eigenvalue weighted by molar-refractivity contribution is 0.562. The van der Waals surface area contributed by atoms with Crippen molar-refractivity contribution in [3.63, 3.8) is 0 Å². The first kappa shape index (κ1) is 11.9. The fourth-order valence-corrected chi connectivity index (χ4v) is 4.37. The number of aryl methyl sites for hydroxylation is 2. The second-order valence-electron chi connectivity index (χ2n) is 4.26. The van der Waals surface area contributed by atoms with Gasteiger partial charge in [-0.2, -0.15) is 0 Å². The molecule has 0 radical (unpaired) electrons. The van der Waals surface area contributed by atoms with Crippen LogP contribution in [0, 0.1) is 13.8 Å². The molecule has 2 rings (SSSR count). The first-order valence-electron chi connectivity index (χ1n) is 5.37. The molecule has 4 nitrogen and oxygen atoms in total. The summed E-state index contributed by atoms with van der Waals surface area (Å²) >= 11 is 1.59. The Bertz CT molecular complexity index is 460. The zero-order valence-corrected chi connectivity index (χ0v) is 11.1. The predicted octanol–water partition coefficient (Wildman–Crippen LogP) is 1.75. The van der Waals surface area contributed by atoms with Crippen molar-refractivity contribution < 1.29 is 8.42 Å². The lowest BCUT2D eigenvalue weighted by Crippen LogP contribution is -2.34. The van der Waals surface area contributed by atoms with E-state index >= 15 is 0 Å². The molecule has 2 heterocycles. The van der Waals surface area contributed by atoms with E-state index in [4.69, 9.17) is 0 Å². The lowest BCUT2D eigenvalue weighted by atomic mass is 10.2. The number of anilines is 1. The van der Waals surface area contributed by atoms with Gasteiger partial charge in [0.1, 0.15) is 0 Å². The number of rotatable bonds is 2. The van der Waals surface area contributed by atoms with Gasteiger partial charge in [-0.1, -0.05) is 0 Å². The number of hydrogen-bond acceptors (Lipinski definition) is 5. The van der Waals surface area contributed by atoms with Crippen molar-refractivity contribution in [2.24, 2.45) is 0 Å². The minimum Gasteiger partial charge on any atom is -0.358 e. The molecular formula is C10H16N2O2S2. The summed E-state index contributed by atoms with van der Waals surface area (Å²) < 4.78 is 22.9. The molecule has 0 bridgehead atoms. The van der Waals surface area contributed by atoms with E-state index in [2.05, 4.69) is 10.3 Å². The number of sulfone groups is 1. The van der Waals surface area contributed by atoms with Gasteiger partial charge in [0.05, 0.1) is 17.2 Å². The van der Waals surface area contributed by atoms with Gasteiger partial charge in [0.15, 0.2) is 15.0 Å². The van der Waals surface area contributed by atoms with Crippen molar-refractivity contribution in [1.82, 2.24) is 4.98 Å². The fourth-order valence-electron chi connectivity index (χ4n) is 1.85. The molecule has 0 amide bonds. The van der Waals surface area contributed by atoms with E-state index in [0.29, 0.717) is 5.75 Å². The minimum atomic E-state index is -2.84. The Balaban J connectivity index is 2.05. The van der Waals surface area contributed by atoms with E-state index in [0.717, 1.165) is 23.7 Å². The Kier molecular flexibility index (Phi) is 3.21. The van der Waals surface area contributed by atoms with E-state index in [1.165, 1.54) is 4.88 Å². The number of nitrogens with zero attached hydrogens (tertiary/aromatic N) is 1. The molecule has 1 atom stereocenters. The van der Waals surface area contributed by atoms with E-state index < -0.39 is 9.84 Å². The van der Waals surface area contributed by atoms with Crippen molar-refractivity contribution in [2.75, 3.05) is 16.8 Å². The third-order valence-corrected chi connectivity index (χ3v) is 5.64. The molecule has 1 aromatic heterocycles. The number of aromatic nitrogens is 1. The monoisotopic (exact) mass is 260 g/mol. The molecule has 90 valence electrons. The zero-order valence-electron chi connectivity index (χ0n) is 9.49. The van der Waals surface area contributed by atoms with Crippen molar-refractivity contribution in [3.8, 4) is 0 Å². The summed E-state index contributed by atoms with van der Waals surface area (Å²) in [6, 6.07) is 0.0312. The van der Waals surface area contributed by atoms with Crippen LogP contribution in [0.15, 0.2) is 0 Å². The molecule has 1 fully saturated rings. The van der Waals surface area contributed by atoms with Crippen molar-refractivity contribution in [1.29, 1.82) is 0 Å².